The van der Waals surface area contributed by atoms with Crippen molar-refractivity contribution in [1.82, 2.24) is 5.32 Å². The van der Waals surface area contributed by atoms with Crippen LogP contribution in [0.3, 0.4) is 0 Å². The van der Waals surface area contributed by atoms with Gasteiger partial charge in [-0.25, -0.2) is 4.57 Å². The molecule has 0 aliphatic heterocycles. The van der Waals surface area contributed by atoms with Crippen LogP contribution >= 0.6 is 7.82 Å². The molecule has 0 saturated carbocycles. The van der Waals surface area contributed by atoms with Crippen LogP contribution in [0.15, 0.2) is 48.6 Å². The van der Waals surface area contributed by atoms with Gasteiger partial charge in [0, 0.05) is 19.4 Å². The van der Waals surface area contributed by atoms with Gasteiger partial charge in [-0.15, -0.1) is 0 Å². The Labute approximate surface area is 266 Å². The first-order valence-corrected chi connectivity index (χ1v) is 18.1. The summed E-state index contributed by atoms with van der Waals surface area (Å²) < 4.78 is 26.4. The van der Waals surface area contributed by atoms with E-state index in [1.165, 1.54) is 25.7 Å². The van der Waals surface area contributed by atoms with Crippen molar-refractivity contribution in [1.29, 1.82) is 0 Å². The Hall–Kier alpha value is -2.03. The van der Waals surface area contributed by atoms with E-state index in [0.29, 0.717) is 12.8 Å². The van der Waals surface area contributed by atoms with Crippen LogP contribution in [0.4, 0.5) is 0 Å². The number of nitrogens with one attached hydrogen (secondary N) is 1. The van der Waals surface area contributed by atoms with Gasteiger partial charge in [-0.3, -0.25) is 18.6 Å². The number of aliphatic hydroxyl groups excluding tert-OH is 1. The summed E-state index contributed by atoms with van der Waals surface area (Å²) in [5, 5.41) is 12.4. The van der Waals surface area contributed by atoms with Crippen LogP contribution in [0.25, 0.3) is 0 Å². The zero-order chi connectivity index (χ0) is 32.6. The Balaban J connectivity index is 3.65. The predicted octanol–water partition coefficient (Wildman–Crippen LogP) is 8.04. The van der Waals surface area contributed by atoms with Gasteiger partial charge in [0.2, 0.25) is 5.91 Å². The molecule has 44 heavy (non-hydrogen) atoms. The van der Waals surface area contributed by atoms with Crippen molar-refractivity contribution in [3.63, 3.8) is 0 Å². The second-order valence-corrected chi connectivity index (χ2v) is 12.2. The number of unbranched alkanes of at least 4 members (excludes halogenated alkanes) is 9. The second kappa shape index (κ2) is 31.0. The van der Waals surface area contributed by atoms with E-state index >= 15 is 0 Å². The maximum atomic E-state index is 11.9. The minimum atomic E-state index is -4.39. The number of hydrogen-bond donors (Lipinski definition) is 3. The second-order valence-electron chi connectivity index (χ2n) is 10.8. The molecule has 2 atom stereocenters. The van der Waals surface area contributed by atoms with Gasteiger partial charge in [-0.2, -0.15) is 0 Å². The molecule has 0 saturated heterocycles. The highest BCUT2D eigenvalue weighted by atomic mass is 31.2. The number of allylic oxidation sites excluding steroid dienone is 8. The molecule has 0 aliphatic rings. The molecule has 0 aromatic rings. The van der Waals surface area contributed by atoms with E-state index in [2.05, 4.69) is 60.8 Å². The Morgan fingerprint density at radius 1 is 0.705 bits per heavy atom. The summed E-state index contributed by atoms with van der Waals surface area (Å²) in [6, 6.07) is 0. The normalized spacial score (nSPS) is 14.2. The average molecular weight is 642 g/mol. The number of hydrogen-bond acceptors (Lipinski definition) is 7. The van der Waals surface area contributed by atoms with E-state index < -0.39 is 26.5 Å². The van der Waals surface area contributed by atoms with Crippen LogP contribution < -0.4 is 5.32 Å². The van der Waals surface area contributed by atoms with Gasteiger partial charge in [0.1, 0.15) is 12.7 Å². The number of carbonyl (C=O) groups is 2. The van der Waals surface area contributed by atoms with Crippen molar-refractivity contribution in [2.45, 2.75) is 129 Å². The lowest BCUT2D eigenvalue weighted by atomic mass is 10.1. The summed E-state index contributed by atoms with van der Waals surface area (Å²) in [6.45, 7) is 3.21. The smallest absolute Gasteiger partial charge is 0.463 e. The Morgan fingerprint density at radius 3 is 1.86 bits per heavy atom. The topological polar surface area (TPSA) is 131 Å². The van der Waals surface area contributed by atoms with E-state index in [0.717, 1.165) is 64.2 Å². The molecule has 0 radical (unpaired) electrons. The number of phosphoric acid groups is 1. The fourth-order valence-electron chi connectivity index (χ4n) is 3.93. The fourth-order valence-corrected chi connectivity index (χ4v) is 4.68. The molecule has 9 nitrogen and oxygen atoms in total. The minimum absolute atomic E-state index is 0.0714. The lowest BCUT2D eigenvalue weighted by molar-refractivity contribution is -0.147. The minimum Gasteiger partial charge on any atom is -0.463 e. The molecule has 0 fully saturated rings. The summed E-state index contributed by atoms with van der Waals surface area (Å²) >= 11 is 0. The Morgan fingerprint density at radius 2 is 1.25 bits per heavy atom. The summed E-state index contributed by atoms with van der Waals surface area (Å²) in [6.07, 6.45) is 32.9. The molecule has 0 heterocycles. The van der Waals surface area contributed by atoms with Crippen LogP contribution in [0.1, 0.15) is 123 Å². The highest BCUT2D eigenvalue weighted by Gasteiger charge is 2.23. The molecule has 2 unspecified atom stereocenters. The molecule has 0 aromatic carbocycles. The standard InChI is InChI=1S/C34H60NO8P/c1-3-5-7-8-9-10-11-12-13-14-15-16-17-18-19-20-21-22-23-24-25-27-34(38)41-30-32(36)31-43-44(39,40)42-29-28-35-33(37)26-6-4-2/h9-10,12-13,15-16,18-19,32,36H,3-8,11,14,17,20-31H2,1-2H3,(H,35,37)(H,39,40)/b10-9-,13-12-,16-15-,19-18-. The number of amides is 1. The third-order valence-corrected chi connectivity index (χ3v) is 7.50. The van der Waals surface area contributed by atoms with Gasteiger partial charge in [0.05, 0.1) is 13.2 Å². The number of rotatable bonds is 30. The molecular weight excluding hydrogens is 581 g/mol. The van der Waals surface area contributed by atoms with Gasteiger partial charge in [-0.1, -0.05) is 101 Å². The van der Waals surface area contributed by atoms with Crippen LogP contribution in [-0.4, -0.2) is 54.3 Å². The maximum absolute atomic E-state index is 11.9. The summed E-state index contributed by atoms with van der Waals surface area (Å²) in [5.74, 6) is -0.577. The average Bonchev–Trinajstić information content (AvgIpc) is 3.00. The lowest BCUT2D eigenvalue weighted by Crippen LogP contribution is -2.27. The maximum Gasteiger partial charge on any atom is 0.472 e. The predicted molar refractivity (Wildman–Crippen MR) is 178 cm³/mol. The molecular formula is C34H60NO8P. The molecule has 10 heteroatoms. The molecule has 0 spiro atoms. The molecule has 1 amide bonds. The first kappa shape index (κ1) is 42.0. The lowest BCUT2D eigenvalue weighted by Gasteiger charge is -2.15. The van der Waals surface area contributed by atoms with Crippen molar-refractivity contribution in [2.75, 3.05) is 26.4 Å². The molecule has 0 aliphatic carbocycles. The van der Waals surface area contributed by atoms with Crippen molar-refractivity contribution < 1.29 is 37.9 Å². The van der Waals surface area contributed by atoms with E-state index in [1.807, 2.05) is 6.92 Å². The van der Waals surface area contributed by atoms with E-state index in [9.17, 15) is 24.2 Å². The zero-order valence-electron chi connectivity index (χ0n) is 27.3. The van der Waals surface area contributed by atoms with E-state index in [1.54, 1.807) is 0 Å². The third-order valence-electron chi connectivity index (χ3n) is 6.51. The highest BCUT2D eigenvalue weighted by molar-refractivity contribution is 7.47. The Kier molecular flexibility index (Phi) is 29.5. The van der Waals surface area contributed by atoms with Crippen molar-refractivity contribution >= 4 is 19.7 Å². The molecule has 0 rings (SSSR count). The molecule has 3 N–H and O–H groups in total. The van der Waals surface area contributed by atoms with E-state index in [4.69, 9.17) is 13.8 Å². The monoisotopic (exact) mass is 641 g/mol. The van der Waals surface area contributed by atoms with Gasteiger partial charge in [0.15, 0.2) is 0 Å². The summed E-state index contributed by atoms with van der Waals surface area (Å²) in [4.78, 5) is 33.0. The fraction of sp³-hybridized carbons (Fsp3) is 0.706. The first-order valence-electron chi connectivity index (χ1n) is 16.6. The number of carbonyl (C=O) groups excluding carboxylic acids is 2. The van der Waals surface area contributed by atoms with Crippen LogP contribution in [0.5, 0.6) is 0 Å². The zero-order valence-corrected chi connectivity index (χ0v) is 28.2. The van der Waals surface area contributed by atoms with Crippen LogP contribution in [0.2, 0.25) is 0 Å². The van der Waals surface area contributed by atoms with Gasteiger partial charge in [-0.05, 0) is 57.8 Å². The van der Waals surface area contributed by atoms with Gasteiger partial charge < -0.3 is 20.1 Å². The molecule has 0 bridgehead atoms. The van der Waals surface area contributed by atoms with E-state index in [-0.39, 0.29) is 32.1 Å². The number of aliphatic hydroxyl groups is 1. The van der Waals surface area contributed by atoms with Crippen LogP contribution in [0, 0.1) is 0 Å². The van der Waals surface area contributed by atoms with Gasteiger partial charge in [0.25, 0.3) is 0 Å². The van der Waals surface area contributed by atoms with Gasteiger partial charge >= 0.3 is 13.8 Å². The largest absolute Gasteiger partial charge is 0.472 e. The third kappa shape index (κ3) is 31.4. The molecule has 254 valence electrons. The highest BCUT2D eigenvalue weighted by Crippen LogP contribution is 2.42. The quantitative estimate of drug-likeness (QED) is 0.0311. The number of esters is 1. The number of phosphoric ester groups is 1. The van der Waals surface area contributed by atoms with Crippen molar-refractivity contribution in [2.24, 2.45) is 0 Å². The number of ether oxygens (including phenoxy) is 1. The molecule has 0 aromatic heterocycles. The summed E-state index contributed by atoms with van der Waals surface area (Å²) in [5.41, 5.74) is 0. The Bertz CT molecular complexity index is 871. The summed E-state index contributed by atoms with van der Waals surface area (Å²) in [7, 11) is -4.39. The van der Waals surface area contributed by atoms with Crippen LogP contribution in [-0.2, 0) is 27.9 Å². The first-order chi connectivity index (χ1) is 21.3. The SMILES string of the molecule is CCCCC/C=C\C/C=C\C/C=C\C/C=C\CCCCCCCC(=O)OCC(O)COP(=O)(O)OCCNC(=O)CCCC. The van der Waals surface area contributed by atoms with Crippen molar-refractivity contribution in [3.8, 4) is 0 Å². The van der Waals surface area contributed by atoms with Crippen molar-refractivity contribution in [3.05, 3.63) is 48.6 Å².